The molecular weight excluding hydrogens is 312 g/mol. The number of benzene rings is 2. The molecule has 0 bridgehead atoms. The zero-order chi connectivity index (χ0) is 16.9. The number of amides is 1. The van der Waals surface area contributed by atoms with Crippen LogP contribution >= 0.6 is 0 Å². The van der Waals surface area contributed by atoms with Crippen LogP contribution in [0, 0.1) is 0 Å². The first kappa shape index (κ1) is 17.2. The van der Waals surface area contributed by atoms with Gasteiger partial charge in [-0.25, -0.2) is 13.6 Å². The van der Waals surface area contributed by atoms with E-state index in [0.717, 1.165) is 12.0 Å². The molecule has 0 spiro atoms. The predicted molar refractivity (Wildman–Crippen MR) is 89.6 cm³/mol. The molecule has 0 radical (unpaired) electrons. The van der Waals surface area contributed by atoms with Gasteiger partial charge in [0.25, 0.3) is 5.91 Å². The second kappa shape index (κ2) is 7.39. The van der Waals surface area contributed by atoms with Gasteiger partial charge in [0.15, 0.2) is 0 Å². The van der Waals surface area contributed by atoms with Crippen LogP contribution in [0.5, 0.6) is 0 Å². The zero-order valence-corrected chi connectivity index (χ0v) is 13.7. The van der Waals surface area contributed by atoms with Gasteiger partial charge in [-0.15, -0.1) is 0 Å². The van der Waals surface area contributed by atoms with E-state index in [0.29, 0.717) is 12.1 Å². The Kier molecular flexibility index (Phi) is 5.52. The van der Waals surface area contributed by atoms with Gasteiger partial charge in [0.2, 0.25) is 10.0 Å². The maximum atomic E-state index is 12.1. The highest BCUT2D eigenvalue weighted by molar-refractivity contribution is 7.89. The maximum Gasteiger partial charge on any atom is 0.251 e. The first-order chi connectivity index (χ1) is 10.9. The van der Waals surface area contributed by atoms with Crippen molar-refractivity contribution < 1.29 is 13.2 Å². The molecule has 0 aromatic heterocycles. The van der Waals surface area contributed by atoms with E-state index in [1.165, 1.54) is 12.1 Å². The van der Waals surface area contributed by atoms with Crippen LogP contribution in [0.3, 0.4) is 0 Å². The van der Waals surface area contributed by atoms with Crippen molar-refractivity contribution in [1.82, 2.24) is 5.32 Å². The lowest BCUT2D eigenvalue weighted by molar-refractivity contribution is 0.0951. The van der Waals surface area contributed by atoms with Crippen molar-refractivity contribution in [2.24, 2.45) is 5.14 Å². The first-order valence-corrected chi connectivity index (χ1v) is 8.92. The van der Waals surface area contributed by atoms with Crippen LogP contribution in [0.1, 0.15) is 35.2 Å². The molecule has 122 valence electrons. The van der Waals surface area contributed by atoms with Crippen molar-refractivity contribution in [2.45, 2.75) is 24.2 Å². The summed E-state index contributed by atoms with van der Waals surface area (Å²) in [5, 5.41) is 8.00. The fourth-order valence-electron chi connectivity index (χ4n) is 2.34. The molecule has 0 saturated heterocycles. The van der Waals surface area contributed by atoms with E-state index in [4.69, 9.17) is 5.14 Å². The molecule has 2 aromatic rings. The van der Waals surface area contributed by atoms with Gasteiger partial charge in [0, 0.05) is 18.0 Å². The van der Waals surface area contributed by atoms with Gasteiger partial charge in [-0.1, -0.05) is 37.3 Å². The minimum Gasteiger partial charge on any atom is -0.351 e. The lowest BCUT2D eigenvalue weighted by Crippen LogP contribution is -2.28. The smallest absolute Gasteiger partial charge is 0.251 e. The molecule has 23 heavy (non-hydrogen) atoms. The Balaban J connectivity index is 2.04. The number of nitrogens with two attached hydrogens (primary N) is 1. The summed E-state index contributed by atoms with van der Waals surface area (Å²) in [6.07, 6.45) is 0.823. The number of hydrogen-bond donors (Lipinski definition) is 2. The second-order valence-corrected chi connectivity index (χ2v) is 6.86. The summed E-state index contributed by atoms with van der Waals surface area (Å²) in [5.74, 6) is -0.0117. The molecule has 0 aliphatic carbocycles. The lowest BCUT2D eigenvalue weighted by Gasteiger charge is -2.16. The van der Waals surface area contributed by atoms with Gasteiger partial charge in [-0.2, -0.15) is 0 Å². The molecular formula is C17H20N2O3S. The molecule has 0 heterocycles. The SMILES string of the molecule is CCC(CNC(=O)c1ccccc1)c1ccc(S(N)(=O)=O)cc1. The van der Waals surface area contributed by atoms with Crippen molar-refractivity contribution in [1.29, 1.82) is 0 Å². The average molecular weight is 332 g/mol. The molecule has 1 atom stereocenters. The summed E-state index contributed by atoms with van der Waals surface area (Å²) in [6.45, 7) is 2.51. The number of rotatable bonds is 6. The van der Waals surface area contributed by atoms with Crippen LogP contribution in [-0.4, -0.2) is 20.9 Å². The largest absolute Gasteiger partial charge is 0.351 e. The Morgan fingerprint density at radius 2 is 1.70 bits per heavy atom. The Morgan fingerprint density at radius 3 is 2.22 bits per heavy atom. The molecule has 1 unspecified atom stereocenters. The number of carbonyl (C=O) groups is 1. The highest BCUT2D eigenvalue weighted by Gasteiger charge is 2.14. The van der Waals surface area contributed by atoms with E-state index < -0.39 is 10.0 Å². The minimum atomic E-state index is -3.68. The van der Waals surface area contributed by atoms with Crippen LogP contribution < -0.4 is 10.5 Å². The summed E-state index contributed by atoms with van der Waals surface area (Å²) in [4.78, 5) is 12.2. The van der Waals surface area contributed by atoms with Crippen molar-refractivity contribution in [3.63, 3.8) is 0 Å². The van der Waals surface area contributed by atoms with Crippen LogP contribution in [0.15, 0.2) is 59.5 Å². The zero-order valence-electron chi connectivity index (χ0n) is 12.9. The van der Waals surface area contributed by atoms with E-state index in [1.807, 2.05) is 25.1 Å². The van der Waals surface area contributed by atoms with Gasteiger partial charge in [-0.05, 0) is 36.2 Å². The summed E-state index contributed by atoms with van der Waals surface area (Å²) >= 11 is 0. The van der Waals surface area contributed by atoms with Crippen molar-refractivity contribution in [3.8, 4) is 0 Å². The van der Waals surface area contributed by atoms with Crippen molar-refractivity contribution in [2.75, 3.05) is 6.54 Å². The number of primary sulfonamides is 1. The quantitative estimate of drug-likeness (QED) is 0.850. The van der Waals surface area contributed by atoms with Gasteiger partial charge in [0.05, 0.1) is 4.90 Å². The molecule has 2 aromatic carbocycles. The number of nitrogens with one attached hydrogen (secondary N) is 1. The Hall–Kier alpha value is -2.18. The first-order valence-electron chi connectivity index (χ1n) is 7.38. The van der Waals surface area contributed by atoms with Crippen LogP contribution in [0.2, 0.25) is 0 Å². The standard InChI is InChI=1S/C17H20N2O3S/c1-2-13(12-19-17(20)15-6-4-3-5-7-15)14-8-10-16(11-9-14)23(18,21)22/h3-11,13H,2,12H2,1H3,(H,19,20)(H2,18,21,22). The summed E-state index contributed by atoms with van der Waals surface area (Å²) in [6, 6.07) is 15.5. The van der Waals surface area contributed by atoms with E-state index in [9.17, 15) is 13.2 Å². The topological polar surface area (TPSA) is 89.3 Å². The third kappa shape index (κ3) is 4.64. The summed E-state index contributed by atoms with van der Waals surface area (Å²) in [5.41, 5.74) is 1.58. The second-order valence-electron chi connectivity index (χ2n) is 5.30. The summed E-state index contributed by atoms with van der Waals surface area (Å²) < 4.78 is 22.6. The molecule has 0 fully saturated rings. The molecule has 3 N–H and O–H groups in total. The third-order valence-corrected chi connectivity index (χ3v) is 4.65. The average Bonchev–Trinajstić information content (AvgIpc) is 2.55. The predicted octanol–water partition coefficient (Wildman–Crippen LogP) is 2.26. The van der Waals surface area contributed by atoms with Crippen LogP contribution in [-0.2, 0) is 10.0 Å². The molecule has 0 aliphatic heterocycles. The molecule has 0 saturated carbocycles. The fraction of sp³-hybridized carbons (Fsp3) is 0.235. The highest BCUT2D eigenvalue weighted by Crippen LogP contribution is 2.20. The van der Waals surface area contributed by atoms with Gasteiger partial charge < -0.3 is 5.32 Å². The Labute approximate surface area is 136 Å². The highest BCUT2D eigenvalue weighted by atomic mass is 32.2. The van der Waals surface area contributed by atoms with E-state index in [1.54, 1.807) is 24.3 Å². The normalized spacial score (nSPS) is 12.6. The third-order valence-electron chi connectivity index (χ3n) is 3.72. The molecule has 2 rings (SSSR count). The van der Waals surface area contributed by atoms with Gasteiger partial charge in [0.1, 0.15) is 0 Å². The van der Waals surface area contributed by atoms with Gasteiger partial charge >= 0.3 is 0 Å². The molecule has 6 heteroatoms. The molecule has 1 amide bonds. The monoisotopic (exact) mass is 332 g/mol. The maximum absolute atomic E-state index is 12.1. The summed E-state index contributed by atoms with van der Waals surface area (Å²) in [7, 11) is -3.68. The van der Waals surface area contributed by atoms with E-state index in [-0.39, 0.29) is 16.7 Å². The number of carbonyl (C=O) groups excluding carboxylic acids is 1. The minimum absolute atomic E-state index is 0.0874. The lowest BCUT2D eigenvalue weighted by atomic mass is 9.96. The van der Waals surface area contributed by atoms with E-state index in [2.05, 4.69) is 5.32 Å². The molecule has 0 aliphatic rings. The van der Waals surface area contributed by atoms with Crippen LogP contribution in [0.25, 0.3) is 0 Å². The van der Waals surface area contributed by atoms with E-state index >= 15 is 0 Å². The van der Waals surface area contributed by atoms with Crippen molar-refractivity contribution >= 4 is 15.9 Å². The number of hydrogen-bond acceptors (Lipinski definition) is 3. The Morgan fingerprint density at radius 1 is 1.09 bits per heavy atom. The molecule has 5 nitrogen and oxygen atoms in total. The van der Waals surface area contributed by atoms with Crippen molar-refractivity contribution in [3.05, 3.63) is 65.7 Å². The Bertz CT molecular complexity index is 756. The van der Waals surface area contributed by atoms with Gasteiger partial charge in [-0.3, -0.25) is 4.79 Å². The fourth-order valence-corrected chi connectivity index (χ4v) is 2.85. The van der Waals surface area contributed by atoms with Crippen LogP contribution in [0.4, 0.5) is 0 Å². The number of sulfonamides is 1.